The third-order valence-electron chi connectivity index (χ3n) is 4.34. The summed E-state index contributed by atoms with van der Waals surface area (Å²) in [6.45, 7) is 4.79. The van der Waals surface area contributed by atoms with Gasteiger partial charge in [0.15, 0.2) is 5.17 Å². The van der Waals surface area contributed by atoms with E-state index < -0.39 is 5.91 Å². The van der Waals surface area contributed by atoms with Crippen molar-refractivity contribution in [1.29, 1.82) is 0 Å². The molecule has 6 heteroatoms. The monoisotopic (exact) mass is 357 g/mol. The maximum Gasteiger partial charge on any atom is 0.248 e. The molecule has 4 nitrogen and oxygen atoms in total. The van der Waals surface area contributed by atoms with E-state index in [1.165, 1.54) is 12.1 Å². The Morgan fingerprint density at radius 2 is 1.88 bits per heavy atom. The van der Waals surface area contributed by atoms with Crippen LogP contribution in [0.1, 0.15) is 41.4 Å². The lowest BCUT2D eigenvalue weighted by Gasteiger charge is -2.23. The molecule has 1 heterocycles. The second-order valence-corrected chi connectivity index (χ2v) is 7.81. The summed E-state index contributed by atoms with van der Waals surface area (Å²) in [6, 6.07) is 13.8. The van der Waals surface area contributed by atoms with E-state index in [1.807, 2.05) is 19.1 Å². The highest BCUT2D eigenvalue weighted by atomic mass is 32.2. The first kappa shape index (κ1) is 17.5. The van der Waals surface area contributed by atoms with Gasteiger partial charge in [0.25, 0.3) is 0 Å². The van der Waals surface area contributed by atoms with Gasteiger partial charge in [-0.1, -0.05) is 36.0 Å². The normalized spacial score (nSPS) is 20.8. The third kappa shape index (κ3) is 3.85. The number of hydrogen-bond acceptors (Lipinski definition) is 4. The van der Waals surface area contributed by atoms with E-state index in [-0.39, 0.29) is 16.6 Å². The number of carbonyl (C=O) groups excluding carboxylic acids is 1. The summed E-state index contributed by atoms with van der Waals surface area (Å²) in [4.78, 5) is 15.8. The minimum absolute atomic E-state index is 0.0337. The highest BCUT2D eigenvalue weighted by Gasteiger charge is 2.34. The SMILES string of the molecule is CC(NC1=NCC(C)(c2ccc(C(N)=O)cc2)S1)c1ccc(F)cc1. The molecule has 25 heavy (non-hydrogen) atoms. The summed E-state index contributed by atoms with van der Waals surface area (Å²) in [5.74, 6) is -0.668. The van der Waals surface area contributed by atoms with Gasteiger partial charge >= 0.3 is 0 Å². The fourth-order valence-corrected chi connectivity index (χ4v) is 3.91. The molecule has 1 aliphatic rings. The van der Waals surface area contributed by atoms with E-state index in [4.69, 9.17) is 5.73 Å². The summed E-state index contributed by atoms with van der Waals surface area (Å²) in [5, 5.41) is 4.25. The average Bonchev–Trinajstić information content (AvgIpc) is 2.97. The number of hydrogen-bond donors (Lipinski definition) is 2. The van der Waals surface area contributed by atoms with E-state index in [0.29, 0.717) is 12.1 Å². The molecule has 2 aromatic rings. The Bertz CT molecular complexity index is 804. The second-order valence-electron chi connectivity index (χ2n) is 6.31. The van der Waals surface area contributed by atoms with Gasteiger partial charge in [-0.25, -0.2) is 4.39 Å². The number of carbonyl (C=O) groups is 1. The van der Waals surface area contributed by atoms with E-state index in [9.17, 15) is 9.18 Å². The fraction of sp³-hybridized carbons (Fsp3) is 0.263. The minimum Gasteiger partial charge on any atom is -0.366 e. The van der Waals surface area contributed by atoms with Crippen molar-refractivity contribution in [3.63, 3.8) is 0 Å². The van der Waals surface area contributed by atoms with Gasteiger partial charge < -0.3 is 11.1 Å². The minimum atomic E-state index is -0.428. The largest absolute Gasteiger partial charge is 0.366 e. The van der Waals surface area contributed by atoms with Crippen molar-refractivity contribution in [2.45, 2.75) is 24.6 Å². The van der Waals surface area contributed by atoms with E-state index in [2.05, 4.69) is 17.2 Å². The summed E-state index contributed by atoms with van der Waals surface area (Å²) in [6.07, 6.45) is 0. The number of amidine groups is 1. The molecule has 0 aliphatic carbocycles. The molecule has 2 aromatic carbocycles. The molecule has 0 bridgehead atoms. The number of benzene rings is 2. The molecule has 0 saturated heterocycles. The standard InChI is InChI=1S/C19H20FN3OS/c1-12(13-5-9-16(20)10-6-13)23-18-22-11-19(2,25-18)15-7-3-14(4-8-15)17(21)24/h3-10,12H,11H2,1-2H3,(H2,21,24)(H,22,23). The van der Waals surface area contributed by atoms with Crippen molar-refractivity contribution in [3.8, 4) is 0 Å². The molecule has 0 saturated carbocycles. The van der Waals surface area contributed by atoms with Gasteiger partial charge in [-0.2, -0.15) is 0 Å². The Morgan fingerprint density at radius 3 is 2.48 bits per heavy atom. The lowest BCUT2D eigenvalue weighted by Crippen LogP contribution is -2.25. The second kappa shape index (κ2) is 6.88. The zero-order chi connectivity index (χ0) is 18.0. The van der Waals surface area contributed by atoms with Crippen molar-refractivity contribution < 1.29 is 9.18 Å². The molecule has 2 unspecified atom stereocenters. The maximum absolute atomic E-state index is 13.0. The number of nitrogens with one attached hydrogen (secondary N) is 1. The topological polar surface area (TPSA) is 67.5 Å². The van der Waals surface area contributed by atoms with Crippen molar-refractivity contribution in [1.82, 2.24) is 5.32 Å². The molecule has 130 valence electrons. The van der Waals surface area contributed by atoms with Gasteiger partial charge in [-0.15, -0.1) is 0 Å². The predicted molar refractivity (Wildman–Crippen MR) is 100 cm³/mol. The van der Waals surface area contributed by atoms with Crippen molar-refractivity contribution >= 4 is 22.8 Å². The predicted octanol–water partition coefficient (Wildman–Crippen LogP) is 3.59. The molecule has 3 N–H and O–H groups in total. The van der Waals surface area contributed by atoms with Crippen LogP contribution in [0.15, 0.2) is 53.5 Å². The van der Waals surface area contributed by atoms with Crippen LogP contribution in [0.2, 0.25) is 0 Å². The number of primary amides is 1. The smallest absolute Gasteiger partial charge is 0.248 e. The number of thioether (sulfide) groups is 1. The average molecular weight is 357 g/mol. The number of aliphatic imine (C=N–C) groups is 1. The van der Waals surface area contributed by atoms with Crippen LogP contribution in [-0.4, -0.2) is 17.6 Å². The first-order chi connectivity index (χ1) is 11.9. The van der Waals surface area contributed by atoms with Crippen LogP contribution >= 0.6 is 11.8 Å². The Labute approximate surface area is 150 Å². The fourth-order valence-electron chi connectivity index (χ4n) is 2.73. The number of halogens is 1. The summed E-state index contributed by atoms with van der Waals surface area (Å²) < 4.78 is 12.9. The Hall–Kier alpha value is -2.34. The molecular formula is C19H20FN3OS. The number of rotatable bonds is 4. The molecule has 0 radical (unpaired) electrons. The van der Waals surface area contributed by atoms with Gasteiger partial charge in [0.1, 0.15) is 5.82 Å². The Balaban J connectivity index is 1.67. The van der Waals surface area contributed by atoms with Crippen LogP contribution in [-0.2, 0) is 4.75 Å². The van der Waals surface area contributed by atoms with Crippen LogP contribution in [0.5, 0.6) is 0 Å². The summed E-state index contributed by atoms with van der Waals surface area (Å²) in [5.41, 5.74) is 7.89. The first-order valence-electron chi connectivity index (χ1n) is 8.03. The van der Waals surface area contributed by atoms with E-state index >= 15 is 0 Å². The first-order valence-corrected chi connectivity index (χ1v) is 8.85. The number of nitrogens with two attached hydrogens (primary N) is 1. The number of amides is 1. The van der Waals surface area contributed by atoms with E-state index in [1.54, 1.807) is 36.0 Å². The van der Waals surface area contributed by atoms with Crippen molar-refractivity contribution in [2.24, 2.45) is 10.7 Å². The van der Waals surface area contributed by atoms with Gasteiger partial charge in [-0.05, 0) is 49.2 Å². The van der Waals surface area contributed by atoms with Gasteiger partial charge in [-0.3, -0.25) is 9.79 Å². The van der Waals surface area contributed by atoms with Crippen LogP contribution in [0.25, 0.3) is 0 Å². The van der Waals surface area contributed by atoms with Crippen molar-refractivity contribution in [3.05, 3.63) is 71.0 Å². The zero-order valence-corrected chi connectivity index (χ0v) is 14.9. The molecule has 1 aliphatic heterocycles. The molecule has 2 atom stereocenters. The van der Waals surface area contributed by atoms with Gasteiger partial charge in [0.05, 0.1) is 17.3 Å². The highest BCUT2D eigenvalue weighted by Crippen LogP contribution is 2.41. The zero-order valence-electron chi connectivity index (χ0n) is 14.1. The van der Waals surface area contributed by atoms with Gasteiger partial charge in [0.2, 0.25) is 5.91 Å². The Morgan fingerprint density at radius 1 is 1.24 bits per heavy atom. The molecule has 0 spiro atoms. The summed E-state index contributed by atoms with van der Waals surface area (Å²) in [7, 11) is 0. The van der Waals surface area contributed by atoms with Crippen molar-refractivity contribution in [2.75, 3.05) is 6.54 Å². The lowest BCUT2D eigenvalue weighted by molar-refractivity contribution is 0.100. The molecule has 0 aromatic heterocycles. The maximum atomic E-state index is 13.0. The van der Waals surface area contributed by atoms with Crippen LogP contribution in [0.3, 0.4) is 0 Å². The quantitative estimate of drug-likeness (QED) is 0.879. The Kier molecular flexibility index (Phi) is 4.81. The van der Waals surface area contributed by atoms with Gasteiger partial charge in [0, 0.05) is 5.56 Å². The van der Waals surface area contributed by atoms with Crippen LogP contribution < -0.4 is 11.1 Å². The molecule has 0 fully saturated rings. The third-order valence-corrected chi connectivity index (χ3v) is 5.59. The van der Waals surface area contributed by atoms with E-state index in [0.717, 1.165) is 16.3 Å². The number of nitrogens with zero attached hydrogens (tertiary/aromatic N) is 1. The van der Waals surface area contributed by atoms with Crippen LogP contribution in [0.4, 0.5) is 4.39 Å². The highest BCUT2D eigenvalue weighted by molar-refractivity contribution is 8.14. The molecule has 3 rings (SSSR count). The summed E-state index contributed by atoms with van der Waals surface area (Å²) >= 11 is 1.66. The van der Waals surface area contributed by atoms with Crippen LogP contribution in [0, 0.1) is 5.82 Å². The lowest BCUT2D eigenvalue weighted by atomic mass is 9.99. The molecular weight excluding hydrogens is 337 g/mol. The molecule has 1 amide bonds.